The molecule has 1 aromatic rings. The molecule has 0 aromatic heterocycles. The fourth-order valence-electron chi connectivity index (χ4n) is 2.88. The molecule has 0 radical (unpaired) electrons. The van der Waals surface area contributed by atoms with Gasteiger partial charge in [0.1, 0.15) is 0 Å². The number of piperazine rings is 1. The molecule has 124 valence electrons. The molecule has 7 heteroatoms. The summed E-state index contributed by atoms with van der Waals surface area (Å²) >= 11 is 0. The van der Waals surface area contributed by atoms with Crippen LogP contribution in [-0.4, -0.2) is 69.2 Å². The van der Waals surface area contributed by atoms with Gasteiger partial charge in [0.05, 0.1) is 0 Å². The maximum Gasteiger partial charge on any atom is 0.321 e. The smallest absolute Gasteiger partial charge is 0.321 e. The Morgan fingerprint density at radius 3 is 2.48 bits per heavy atom. The van der Waals surface area contributed by atoms with Crippen LogP contribution in [0.1, 0.15) is 10.4 Å². The van der Waals surface area contributed by atoms with E-state index < -0.39 is 0 Å². The largest absolute Gasteiger partial charge is 0.351 e. The summed E-state index contributed by atoms with van der Waals surface area (Å²) in [5.74, 6) is -0.0717. The highest BCUT2D eigenvalue weighted by atomic mass is 16.2. The molecule has 7 nitrogen and oxygen atoms in total. The van der Waals surface area contributed by atoms with Crippen LogP contribution in [0.5, 0.6) is 0 Å². The first-order chi connectivity index (χ1) is 11.2. The molecule has 3 rings (SSSR count). The molecular weight excluding hydrogens is 294 g/mol. The number of nitrogens with one attached hydrogen (secondary N) is 3. The van der Waals surface area contributed by atoms with Gasteiger partial charge >= 0.3 is 6.03 Å². The molecule has 0 aliphatic carbocycles. The minimum absolute atomic E-state index is 0.0717. The third-order valence-corrected chi connectivity index (χ3v) is 4.22. The standard InChI is InChI=1S/C16H23N5O2/c22-15(18-7-11-20-9-5-17-6-10-20)13-1-3-14(4-2-13)21-12-8-19-16(21)23/h1-4,17H,5-12H2,(H,18,22)(H,19,23). The summed E-state index contributed by atoms with van der Waals surface area (Å²) in [5, 5.41) is 9.02. The number of carbonyl (C=O) groups is 2. The fourth-order valence-corrected chi connectivity index (χ4v) is 2.88. The van der Waals surface area contributed by atoms with E-state index in [-0.39, 0.29) is 11.9 Å². The van der Waals surface area contributed by atoms with Crippen molar-refractivity contribution in [1.29, 1.82) is 0 Å². The molecule has 1 aromatic carbocycles. The van der Waals surface area contributed by atoms with Gasteiger partial charge in [0, 0.05) is 63.6 Å². The fraction of sp³-hybridized carbons (Fsp3) is 0.500. The quantitative estimate of drug-likeness (QED) is 0.706. The Kier molecular flexibility index (Phi) is 5.09. The SMILES string of the molecule is O=C(NCCN1CCNCC1)c1ccc(N2CCNC2=O)cc1. The van der Waals surface area contributed by atoms with Crippen molar-refractivity contribution in [2.75, 3.05) is 57.3 Å². The van der Waals surface area contributed by atoms with Gasteiger partial charge in [-0.1, -0.05) is 0 Å². The number of hydrogen-bond acceptors (Lipinski definition) is 4. The van der Waals surface area contributed by atoms with Gasteiger partial charge in [0.15, 0.2) is 0 Å². The van der Waals surface area contributed by atoms with Gasteiger partial charge in [0.25, 0.3) is 5.91 Å². The van der Waals surface area contributed by atoms with E-state index >= 15 is 0 Å². The number of anilines is 1. The zero-order valence-corrected chi connectivity index (χ0v) is 13.2. The lowest BCUT2D eigenvalue weighted by Crippen LogP contribution is -2.46. The highest BCUT2D eigenvalue weighted by Crippen LogP contribution is 2.17. The van der Waals surface area contributed by atoms with Gasteiger partial charge in [-0.05, 0) is 24.3 Å². The normalized spacial score (nSPS) is 18.8. The topological polar surface area (TPSA) is 76.7 Å². The number of carbonyl (C=O) groups excluding carboxylic acids is 2. The van der Waals surface area contributed by atoms with Crippen molar-refractivity contribution in [2.45, 2.75) is 0 Å². The Morgan fingerprint density at radius 1 is 1.09 bits per heavy atom. The molecule has 0 unspecified atom stereocenters. The second kappa shape index (κ2) is 7.43. The van der Waals surface area contributed by atoms with E-state index in [1.165, 1.54) is 0 Å². The molecule has 2 aliphatic heterocycles. The second-order valence-corrected chi connectivity index (χ2v) is 5.78. The number of benzene rings is 1. The van der Waals surface area contributed by atoms with Crippen LogP contribution in [0.4, 0.5) is 10.5 Å². The van der Waals surface area contributed by atoms with Crippen LogP contribution in [0, 0.1) is 0 Å². The number of urea groups is 1. The summed E-state index contributed by atoms with van der Waals surface area (Å²) < 4.78 is 0. The van der Waals surface area contributed by atoms with Crippen LogP contribution in [0.2, 0.25) is 0 Å². The monoisotopic (exact) mass is 317 g/mol. The Hall–Kier alpha value is -2.12. The van der Waals surface area contributed by atoms with Crippen LogP contribution in [0.25, 0.3) is 0 Å². The van der Waals surface area contributed by atoms with Gasteiger partial charge in [-0.15, -0.1) is 0 Å². The third kappa shape index (κ3) is 4.00. The molecule has 0 bridgehead atoms. The van der Waals surface area contributed by atoms with Gasteiger partial charge in [0.2, 0.25) is 0 Å². The van der Waals surface area contributed by atoms with Crippen LogP contribution in [0.15, 0.2) is 24.3 Å². The number of rotatable bonds is 5. The highest BCUT2D eigenvalue weighted by molar-refractivity contribution is 5.96. The molecular formula is C16H23N5O2. The van der Waals surface area contributed by atoms with E-state index in [4.69, 9.17) is 0 Å². The van der Waals surface area contributed by atoms with Gasteiger partial charge in [-0.2, -0.15) is 0 Å². The minimum Gasteiger partial charge on any atom is -0.351 e. The Bertz CT molecular complexity index is 554. The van der Waals surface area contributed by atoms with E-state index in [1.807, 2.05) is 12.1 Å². The maximum absolute atomic E-state index is 12.1. The molecule has 0 saturated carbocycles. The van der Waals surface area contributed by atoms with Gasteiger partial charge in [-0.25, -0.2) is 4.79 Å². The van der Waals surface area contributed by atoms with Crippen molar-refractivity contribution in [3.05, 3.63) is 29.8 Å². The van der Waals surface area contributed by atoms with E-state index in [0.717, 1.165) is 38.4 Å². The predicted molar refractivity (Wildman–Crippen MR) is 88.8 cm³/mol. The molecule has 2 heterocycles. The summed E-state index contributed by atoms with van der Waals surface area (Å²) in [6.45, 7) is 6.93. The molecule has 3 N–H and O–H groups in total. The van der Waals surface area contributed by atoms with Gasteiger partial charge < -0.3 is 16.0 Å². The highest BCUT2D eigenvalue weighted by Gasteiger charge is 2.21. The molecule has 23 heavy (non-hydrogen) atoms. The third-order valence-electron chi connectivity index (χ3n) is 4.22. The first-order valence-corrected chi connectivity index (χ1v) is 8.11. The summed E-state index contributed by atoms with van der Waals surface area (Å²) in [4.78, 5) is 27.8. The Labute approximate surface area is 136 Å². The van der Waals surface area contributed by atoms with Crippen molar-refractivity contribution in [1.82, 2.24) is 20.9 Å². The molecule has 3 amide bonds. The summed E-state index contributed by atoms with van der Waals surface area (Å²) in [6, 6.07) is 7.08. The first kappa shape index (κ1) is 15.8. The lowest BCUT2D eigenvalue weighted by atomic mass is 10.2. The molecule has 2 fully saturated rings. The Morgan fingerprint density at radius 2 is 1.83 bits per heavy atom. The second-order valence-electron chi connectivity index (χ2n) is 5.78. The summed E-state index contributed by atoms with van der Waals surface area (Å²) in [5.41, 5.74) is 1.44. The predicted octanol–water partition coefficient (Wildman–Crippen LogP) is -0.149. The molecule has 0 spiro atoms. The van der Waals surface area contributed by atoms with Crippen LogP contribution in [0.3, 0.4) is 0 Å². The first-order valence-electron chi connectivity index (χ1n) is 8.11. The minimum atomic E-state index is -0.0850. The van der Waals surface area contributed by atoms with E-state index in [1.54, 1.807) is 17.0 Å². The summed E-state index contributed by atoms with van der Waals surface area (Å²) in [6.07, 6.45) is 0. The lowest BCUT2D eigenvalue weighted by molar-refractivity contribution is 0.0947. The maximum atomic E-state index is 12.1. The van der Waals surface area contributed by atoms with Crippen molar-refractivity contribution in [3.8, 4) is 0 Å². The molecule has 2 saturated heterocycles. The Balaban J connectivity index is 1.48. The van der Waals surface area contributed by atoms with Gasteiger partial charge in [-0.3, -0.25) is 14.6 Å². The van der Waals surface area contributed by atoms with E-state index in [9.17, 15) is 9.59 Å². The molecule has 2 aliphatic rings. The van der Waals surface area contributed by atoms with Crippen molar-refractivity contribution < 1.29 is 9.59 Å². The summed E-state index contributed by atoms with van der Waals surface area (Å²) in [7, 11) is 0. The van der Waals surface area contributed by atoms with E-state index in [0.29, 0.717) is 25.2 Å². The number of amides is 3. The van der Waals surface area contributed by atoms with Crippen molar-refractivity contribution in [3.63, 3.8) is 0 Å². The zero-order chi connectivity index (χ0) is 16.1. The molecule has 0 atom stereocenters. The van der Waals surface area contributed by atoms with Crippen LogP contribution in [-0.2, 0) is 0 Å². The van der Waals surface area contributed by atoms with Crippen molar-refractivity contribution >= 4 is 17.6 Å². The van der Waals surface area contributed by atoms with Crippen LogP contribution < -0.4 is 20.9 Å². The lowest BCUT2D eigenvalue weighted by Gasteiger charge is -2.27. The number of nitrogens with zero attached hydrogens (tertiary/aromatic N) is 2. The zero-order valence-electron chi connectivity index (χ0n) is 13.2. The van der Waals surface area contributed by atoms with Crippen molar-refractivity contribution in [2.24, 2.45) is 0 Å². The number of hydrogen-bond donors (Lipinski definition) is 3. The average molecular weight is 317 g/mol. The van der Waals surface area contributed by atoms with E-state index in [2.05, 4.69) is 20.9 Å². The average Bonchev–Trinajstić information content (AvgIpc) is 3.02. The van der Waals surface area contributed by atoms with Crippen LogP contribution >= 0.6 is 0 Å².